The van der Waals surface area contributed by atoms with E-state index in [1.54, 1.807) is 30.3 Å². The van der Waals surface area contributed by atoms with Gasteiger partial charge < -0.3 is 9.52 Å². The molecule has 0 aliphatic carbocycles. The molecule has 0 aliphatic rings. The first-order valence-electron chi connectivity index (χ1n) is 7.21. The van der Waals surface area contributed by atoms with E-state index in [9.17, 15) is 5.11 Å². The number of nitrogens with zero attached hydrogens (tertiary/aromatic N) is 2. The number of rotatable bonds is 3. The van der Waals surface area contributed by atoms with E-state index in [0.717, 1.165) is 22.3 Å². The van der Waals surface area contributed by atoms with Crippen LogP contribution >= 0.6 is 23.2 Å². The van der Waals surface area contributed by atoms with Crippen molar-refractivity contribution >= 4 is 34.3 Å². The van der Waals surface area contributed by atoms with E-state index in [1.165, 1.54) is 0 Å². The first kappa shape index (κ1) is 16.6. The molecule has 0 bridgehead atoms. The SMILES string of the molecule is Cc1cc(/C=C(\Cl)c2nnc(-c3ccc(Cl)cc3)o2)cc(C)c1O. The molecule has 0 amide bonds. The Balaban J connectivity index is 1.90. The summed E-state index contributed by atoms with van der Waals surface area (Å²) in [7, 11) is 0. The predicted molar refractivity (Wildman–Crippen MR) is 96.0 cm³/mol. The van der Waals surface area contributed by atoms with Crippen LogP contribution in [0.2, 0.25) is 5.02 Å². The molecule has 0 saturated carbocycles. The van der Waals surface area contributed by atoms with Crippen molar-refractivity contribution < 1.29 is 9.52 Å². The van der Waals surface area contributed by atoms with Crippen LogP contribution in [0.25, 0.3) is 22.6 Å². The summed E-state index contributed by atoms with van der Waals surface area (Å²) in [5.74, 6) is 0.877. The normalized spacial score (nSPS) is 11.8. The van der Waals surface area contributed by atoms with Crippen molar-refractivity contribution in [3.05, 3.63) is 64.0 Å². The molecule has 1 aromatic heterocycles. The highest BCUT2D eigenvalue weighted by Crippen LogP contribution is 2.28. The number of halogens is 2. The fourth-order valence-corrected chi connectivity index (χ4v) is 2.64. The van der Waals surface area contributed by atoms with Gasteiger partial charge >= 0.3 is 0 Å². The van der Waals surface area contributed by atoms with Gasteiger partial charge in [0.15, 0.2) is 0 Å². The number of aromatic hydroxyl groups is 1. The lowest BCUT2D eigenvalue weighted by atomic mass is 10.1. The number of aromatic nitrogens is 2. The zero-order valence-electron chi connectivity index (χ0n) is 13.0. The van der Waals surface area contributed by atoms with Gasteiger partial charge in [-0.3, -0.25) is 0 Å². The summed E-state index contributed by atoms with van der Waals surface area (Å²) in [6.45, 7) is 3.66. The molecule has 2 aromatic carbocycles. The average molecular weight is 361 g/mol. The smallest absolute Gasteiger partial charge is 0.259 e. The maximum Gasteiger partial charge on any atom is 0.259 e. The van der Waals surface area contributed by atoms with Crippen molar-refractivity contribution in [1.82, 2.24) is 10.2 Å². The van der Waals surface area contributed by atoms with Crippen molar-refractivity contribution in [3.63, 3.8) is 0 Å². The quantitative estimate of drug-likeness (QED) is 0.674. The molecule has 0 saturated heterocycles. The molecule has 0 spiro atoms. The van der Waals surface area contributed by atoms with E-state index in [2.05, 4.69) is 10.2 Å². The molecule has 0 aliphatic heterocycles. The van der Waals surface area contributed by atoms with Crippen LogP contribution in [0.4, 0.5) is 0 Å². The monoisotopic (exact) mass is 360 g/mol. The maximum absolute atomic E-state index is 9.83. The van der Waals surface area contributed by atoms with Crippen molar-refractivity contribution in [2.45, 2.75) is 13.8 Å². The molecule has 4 nitrogen and oxygen atoms in total. The Kier molecular flexibility index (Phi) is 4.60. The van der Waals surface area contributed by atoms with Crippen molar-refractivity contribution in [2.75, 3.05) is 0 Å². The topological polar surface area (TPSA) is 59.2 Å². The molecule has 24 heavy (non-hydrogen) atoms. The van der Waals surface area contributed by atoms with E-state index in [4.69, 9.17) is 27.6 Å². The van der Waals surface area contributed by atoms with Gasteiger partial charge in [-0.15, -0.1) is 10.2 Å². The van der Waals surface area contributed by atoms with Crippen LogP contribution in [0.3, 0.4) is 0 Å². The molecule has 0 fully saturated rings. The van der Waals surface area contributed by atoms with Gasteiger partial charge in [-0.05, 0) is 73.0 Å². The summed E-state index contributed by atoms with van der Waals surface area (Å²) in [5.41, 5.74) is 3.16. The first-order valence-corrected chi connectivity index (χ1v) is 7.97. The molecule has 1 N–H and O–H groups in total. The first-order chi connectivity index (χ1) is 11.4. The fourth-order valence-electron chi connectivity index (χ4n) is 2.31. The Morgan fingerprint density at radius 3 is 2.33 bits per heavy atom. The minimum atomic E-state index is 0.227. The highest BCUT2D eigenvalue weighted by Gasteiger charge is 2.12. The van der Waals surface area contributed by atoms with E-state index in [0.29, 0.717) is 15.9 Å². The number of aryl methyl sites for hydroxylation is 2. The van der Waals surface area contributed by atoms with Gasteiger partial charge in [0.1, 0.15) is 10.8 Å². The maximum atomic E-state index is 9.83. The molecular formula is C18H14Cl2N2O2. The van der Waals surface area contributed by atoms with Crippen LogP contribution in [-0.2, 0) is 0 Å². The molecule has 0 unspecified atom stereocenters. The van der Waals surface area contributed by atoms with Crippen molar-refractivity contribution in [2.24, 2.45) is 0 Å². The van der Waals surface area contributed by atoms with E-state index in [-0.39, 0.29) is 11.6 Å². The number of benzene rings is 2. The number of phenolic OH excluding ortho intramolecular Hbond substituents is 1. The molecule has 3 aromatic rings. The zero-order valence-corrected chi connectivity index (χ0v) is 14.6. The fraction of sp³-hybridized carbons (Fsp3) is 0.111. The largest absolute Gasteiger partial charge is 0.507 e. The standard InChI is InChI=1S/C18H14Cl2N2O2/c1-10-7-12(8-11(2)16(10)23)9-15(20)18-22-21-17(24-18)13-3-5-14(19)6-4-13/h3-9,23H,1-2H3/b15-9-. The van der Waals surface area contributed by atoms with Gasteiger partial charge in [0.2, 0.25) is 5.89 Å². The van der Waals surface area contributed by atoms with Gasteiger partial charge in [0, 0.05) is 10.6 Å². The Morgan fingerprint density at radius 2 is 1.71 bits per heavy atom. The highest BCUT2D eigenvalue weighted by molar-refractivity contribution is 6.50. The summed E-state index contributed by atoms with van der Waals surface area (Å²) in [4.78, 5) is 0. The van der Waals surface area contributed by atoms with Crippen LogP contribution in [0.1, 0.15) is 22.6 Å². The molecule has 0 atom stereocenters. The lowest BCUT2D eigenvalue weighted by molar-refractivity contribution is 0.467. The third-order valence-corrected chi connectivity index (χ3v) is 4.05. The summed E-state index contributed by atoms with van der Waals surface area (Å²) in [6, 6.07) is 10.8. The van der Waals surface area contributed by atoms with E-state index >= 15 is 0 Å². The molecule has 122 valence electrons. The zero-order chi connectivity index (χ0) is 17.3. The minimum absolute atomic E-state index is 0.227. The summed E-state index contributed by atoms with van der Waals surface area (Å²) in [6.07, 6.45) is 1.72. The molecule has 3 rings (SSSR count). The van der Waals surface area contributed by atoms with Crippen molar-refractivity contribution in [1.29, 1.82) is 0 Å². The summed E-state index contributed by atoms with van der Waals surface area (Å²) >= 11 is 12.2. The number of hydrogen-bond acceptors (Lipinski definition) is 4. The Morgan fingerprint density at radius 1 is 1.08 bits per heavy atom. The molecule has 6 heteroatoms. The Hall–Kier alpha value is -2.30. The molecular weight excluding hydrogens is 347 g/mol. The van der Waals surface area contributed by atoms with Crippen LogP contribution in [0, 0.1) is 13.8 Å². The summed E-state index contributed by atoms with van der Waals surface area (Å²) < 4.78 is 5.61. The summed E-state index contributed by atoms with van der Waals surface area (Å²) in [5, 5.41) is 18.8. The third-order valence-electron chi connectivity index (χ3n) is 3.53. The second-order valence-electron chi connectivity index (χ2n) is 5.41. The average Bonchev–Trinajstić information content (AvgIpc) is 3.03. The third kappa shape index (κ3) is 3.45. The predicted octanol–water partition coefficient (Wildman–Crippen LogP) is 5.45. The second kappa shape index (κ2) is 6.67. The minimum Gasteiger partial charge on any atom is -0.507 e. The number of phenols is 1. The van der Waals surface area contributed by atoms with Gasteiger partial charge in [-0.2, -0.15) is 0 Å². The van der Waals surface area contributed by atoms with Crippen molar-refractivity contribution in [3.8, 4) is 17.2 Å². The van der Waals surface area contributed by atoms with Gasteiger partial charge in [0.25, 0.3) is 5.89 Å². The highest BCUT2D eigenvalue weighted by atomic mass is 35.5. The molecule has 1 heterocycles. The van der Waals surface area contributed by atoms with Crippen LogP contribution < -0.4 is 0 Å². The van der Waals surface area contributed by atoms with Crippen LogP contribution in [0.5, 0.6) is 5.75 Å². The number of hydrogen-bond donors (Lipinski definition) is 1. The lowest BCUT2D eigenvalue weighted by Gasteiger charge is -2.05. The van der Waals surface area contributed by atoms with E-state index < -0.39 is 0 Å². The van der Waals surface area contributed by atoms with Gasteiger partial charge in [0.05, 0.1) is 0 Å². The lowest BCUT2D eigenvalue weighted by Crippen LogP contribution is -1.84. The Bertz CT molecular complexity index is 892. The van der Waals surface area contributed by atoms with Crippen LogP contribution in [0.15, 0.2) is 40.8 Å². The molecule has 0 radical (unpaired) electrons. The van der Waals surface area contributed by atoms with Gasteiger partial charge in [-0.1, -0.05) is 23.2 Å². The second-order valence-corrected chi connectivity index (χ2v) is 6.26. The van der Waals surface area contributed by atoms with Crippen LogP contribution in [-0.4, -0.2) is 15.3 Å². The van der Waals surface area contributed by atoms with E-state index in [1.807, 2.05) is 26.0 Å². The Labute approximate surface area is 149 Å². The van der Waals surface area contributed by atoms with Gasteiger partial charge in [-0.25, -0.2) is 0 Å².